The van der Waals surface area contributed by atoms with Crippen LogP contribution in [0.2, 0.25) is 0 Å². The Balaban J connectivity index is 1.54. The third-order valence-corrected chi connectivity index (χ3v) is 4.98. The molecule has 0 saturated carbocycles. The van der Waals surface area contributed by atoms with Crippen molar-refractivity contribution in [2.75, 3.05) is 38.2 Å². The standard InChI is InChI=1S/C17H22N4O2S/c1-3-15-18-17(24-19-15)21-9-7-20(8-10-21)16(22)12-13-5-4-6-14(11-13)23-2/h4-6,11H,3,7-10,12H2,1-2H3. The Hall–Kier alpha value is -2.15. The number of carbonyl (C=O) groups excluding carboxylic acids is 1. The summed E-state index contributed by atoms with van der Waals surface area (Å²) in [6.07, 6.45) is 1.27. The van der Waals surface area contributed by atoms with Crippen LogP contribution in [-0.2, 0) is 17.6 Å². The minimum Gasteiger partial charge on any atom is -0.497 e. The minimum atomic E-state index is 0.161. The van der Waals surface area contributed by atoms with Crippen molar-refractivity contribution >= 4 is 22.6 Å². The van der Waals surface area contributed by atoms with Crippen molar-refractivity contribution in [1.82, 2.24) is 14.3 Å². The van der Waals surface area contributed by atoms with E-state index < -0.39 is 0 Å². The predicted molar refractivity (Wildman–Crippen MR) is 94.8 cm³/mol. The number of amides is 1. The van der Waals surface area contributed by atoms with Gasteiger partial charge in [0.15, 0.2) is 0 Å². The van der Waals surface area contributed by atoms with Crippen LogP contribution in [0.5, 0.6) is 5.75 Å². The van der Waals surface area contributed by atoms with Crippen LogP contribution in [0.15, 0.2) is 24.3 Å². The lowest BCUT2D eigenvalue weighted by Gasteiger charge is -2.34. The molecule has 0 atom stereocenters. The fraction of sp³-hybridized carbons (Fsp3) is 0.471. The number of anilines is 1. The van der Waals surface area contributed by atoms with Crippen molar-refractivity contribution in [3.8, 4) is 5.75 Å². The average molecular weight is 346 g/mol. The number of rotatable bonds is 5. The van der Waals surface area contributed by atoms with E-state index in [0.29, 0.717) is 6.42 Å². The van der Waals surface area contributed by atoms with Crippen LogP contribution in [0.25, 0.3) is 0 Å². The van der Waals surface area contributed by atoms with Gasteiger partial charge in [0.1, 0.15) is 11.6 Å². The Bertz CT molecular complexity index is 695. The fourth-order valence-corrected chi connectivity index (χ4v) is 3.53. The van der Waals surface area contributed by atoms with Gasteiger partial charge in [-0.15, -0.1) is 0 Å². The van der Waals surface area contributed by atoms with E-state index in [1.165, 1.54) is 11.5 Å². The monoisotopic (exact) mass is 346 g/mol. The summed E-state index contributed by atoms with van der Waals surface area (Å²) in [5, 5.41) is 0.965. The van der Waals surface area contributed by atoms with Crippen LogP contribution in [0, 0.1) is 0 Å². The first-order chi connectivity index (χ1) is 11.7. The van der Waals surface area contributed by atoms with Gasteiger partial charge in [-0.1, -0.05) is 19.1 Å². The van der Waals surface area contributed by atoms with Crippen LogP contribution in [-0.4, -0.2) is 53.5 Å². The average Bonchev–Trinajstić information content (AvgIpc) is 3.11. The van der Waals surface area contributed by atoms with Crippen molar-refractivity contribution in [3.05, 3.63) is 35.7 Å². The van der Waals surface area contributed by atoms with E-state index in [4.69, 9.17) is 4.74 Å². The molecule has 1 aliphatic rings. The third-order valence-electron chi connectivity index (χ3n) is 4.17. The number of carbonyl (C=O) groups is 1. The molecule has 0 unspecified atom stereocenters. The van der Waals surface area contributed by atoms with Crippen molar-refractivity contribution in [1.29, 1.82) is 0 Å². The Morgan fingerprint density at radius 2 is 2.08 bits per heavy atom. The molecular weight excluding hydrogens is 324 g/mol. The van der Waals surface area contributed by atoms with Crippen molar-refractivity contribution in [2.24, 2.45) is 0 Å². The first kappa shape index (κ1) is 16.7. The van der Waals surface area contributed by atoms with E-state index in [0.717, 1.165) is 54.9 Å². The summed E-state index contributed by atoms with van der Waals surface area (Å²) in [5.41, 5.74) is 0.985. The molecule has 128 valence electrons. The van der Waals surface area contributed by atoms with Crippen LogP contribution >= 0.6 is 11.5 Å². The minimum absolute atomic E-state index is 0.161. The van der Waals surface area contributed by atoms with Gasteiger partial charge >= 0.3 is 0 Å². The molecule has 1 amide bonds. The summed E-state index contributed by atoms with van der Waals surface area (Å²) in [5.74, 6) is 1.84. The summed E-state index contributed by atoms with van der Waals surface area (Å²) in [6.45, 7) is 5.12. The quantitative estimate of drug-likeness (QED) is 0.829. The predicted octanol–water partition coefficient (Wildman–Crippen LogP) is 2.00. The van der Waals surface area contributed by atoms with Crippen molar-refractivity contribution in [2.45, 2.75) is 19.8 Å². The maximum Gasteiger partial charge on any atom is 0.227 e. The summed E-state index contributed by atoms with van der Waals surface area (Å²) >= 11 is 1.44. The summed E-state index contributed by atoms with van der Waals surface area (Å²) in [6, 6.07) is 7.69. The van der Waals surface area contributed by atoms with E-state index in [-0.39, 0.29) is 5.91 Å². The van der Waals surface area contributed by atoms with Crippen LogP contribution in [0.4, 0.5) is 5.13 Å². The molecule has 1 fully saturated rings. The number of nitrogens with zero attached hydrogens (tertiary/aromatic N) is 4. The van der Waals surface area contributed by atoms with Crippen molar-refractivity contribution in [3.63, 3.8) is 0 Å². The molecule has 2 aromatic rings. The third kappa shape index (κ3) is 3.84. The molecule has 0 aliphatic carbocycles. The van der Waals surface area contributed by atoms with Gasteiger partial charge in [0.2, 0.25) is 11.0 Å². The van der Waals surface area contributed by atoms with Gasteiger partial charge in [-0.25, -0.2) is 4.98 Å². The molecular formula is C17H22N4O2S. The van der Waals surface area contributed by atoms with Crippen LogP contribution in [0.3, 0.4) is 0 Å². The molecule has 0 spiro atoms. The normalized spacial score (nSPS) is 14.8. The van der Waals surface area contributed by atoms with Crippen LogP contribution < -0.4 is 9.64 Å². The molecule has 24 heavy (non-hydrogen) atoms. The maximum atomic E-state index is 12.5. The van der Waals surface area contributed by atoms with E-state index >= 15 is 0 Å². The first-order valence-electron chi connectivity index (χ1n) is 8.18. The highest BCUT2D eigenvalue weighted by Crippen LogP contribution is 2.20. The Kier molecular flexibility index (Phi) is 5.30. The zero-order valence-electron chi connectivity index (χ0n) is 14.1. The Morgan fingerprint density at radius 1 is 1.29 bits per heavy atom. The molecule has 2 heterocycles. The van der Waals surface area contributed by atoms with Gasteiger partial charge in [0, 0.05) is 44.1 Å². The molecule has 1 aliphatic heterocycles. The maximum absolute atomic E-state index is 12.5. The highest BCUT2D eigenvalue weighted by molar-refractivity contribution is 7.09. The Morgan fingerprint density at radius 3 is 2.75 bits per heavy atom. The van der Waals surface area contributed by atoms with Gasteiger partial charge in [0.05, 0.1) is 13.5 Å². The molecule has 0 bridgehead atoms. The second-order valence-corrected chi connectivity index (χ2v) is 6.47. The number of benzene rings is 1. The van der Waals surface area contributed by atoms with Crippen LogP contribution in [0.1, 0.15) is 18.3 Å². The molecule has 3 rings (SSSR count). The number of aryl methyl sites for hydroxylation is 1. The molecule has 1 aromatic carbocycles. The number of methoxy groups -OCH3 is 1. The van der Waals surface area contributed by atoms with Crippen molar-refractivity contribution < 1.29 is 9.53 Å². The largest absolute Gasteiger partial charge is 0.497 e. The second-order valence-electron chi connectivity index (χ2n) is 5.74. The number of hydrogen-bond donors (Lipinski definition) is 0. The van der Waals surface area contributed by atoms with Gasteiger partial charge < -0.3 is 14.5 Å². The summed E-state index contributed by atoms with van der Waals surface area (Å²) < 4.78 is 9.55. The molecule has 0 N–H and O–H groups in total. The zero-order valence-corrected chi connectivity index (χ0v) is 14.9. The molecule has 6 nitrogen and oxygen atoms in total. The fourth-order valence-electron chi connectivity index (χ4n) is 2.73. The van der Waals surface area contributed by atoms with Gasteiger partial charge in [0.25, 0.3) is 0 Å². The molecule has 0 radical (unpaired) electrons. The van der Waals surface area contributed by atoms with E-state index in [1.54, 1.807) is 7.11 Å². The van der Waals surface area contributed by atoms with E-state index in [1.807, 2.05) is 29.2 Å². The Labute approximate surface area is 146 Å². The van der Waals surface area contributed by atoms with Gasteiger partial charge in [-0.2, -0.15) is 4.37 Å². The van der Waals surface area contributed by atoms with Gasteiger partial charge in [-0.3, -0.25) is 4.79 Å². The van der Waals surface area contributed by atoms with E-state index in [9.17, 15) is 4.79 Å². The highest BCUT2D eigenvalue weighted by Gasteiger charge is 2.23. The molecule has 1 saturated heterocycles. The number of piperazine rings is 1. The van der Waals surface area contributed by atoms with E-state index in [2.05, 4.69) is 21.2 Å². The lowest BCUT2D eigenvalue weighted by atomic mass is 10.1. The number of aromatic nitrogens is 2. The number of hydrogen-bond acceptors (Lipinski definition) is 6. The number of ether oxygens (including phenoxy) is 1. The first-order valence-corrected chi connectivity index (χ1v) is 8.95. The highest BCUT2D eigenvalue weighted by atomic mass is 32.1. The zero-order chi connectivity index (χ0) is 16.9. The lowest BCUT2D eigenvalue weighted by Crippen LogP contribution is -2.49. The topological polar surface area (TPSA) is 58.6 Å². The molecule has 1 aromatic heterocycles. The lowest BCUT2D eigenvalue weighted by molar-refractivity contribution is -0.130. The SMILES string of the molecule is CCc1nsc(N2CCN(C(=O)Cc3cccc(OC)c3)CC2)n1. The summed E-state index contributed by atoms with van der Waals surface area (Å²) in [7, 11) is 1.64. The smallest absolute Gasteiger partial charge is 0.227 e. The second kappa shape index (κ2) is 7.61. The van der Waals surface area contributed by atoms with Gasteiger partial charge in [-0.05, 0) is 17.7 Å². The molecule has 7 heteroatoms. The summed E-state index contributed by atoms with van der Waals surface area (Å²) in [4.78, 5) is 21.2.